The molecule has 2 aromatic rings. The van der Waals surface area contributed by atoms with Crippen molar-refractivity contribution in [3.8, 4) is 16.9 Å². The molecule has 2 N–H and O–H groups in total. The Kier molecular flexibility index (Phi) is 8.62. The predicted molar refractivity (Wildman–Crippen MR) is 128 cm³/mol. The first-order valence-corrected chi connectivity index (χ1v) is 12.1. The molecule has 0 aliphatic carbocycles. The number of hydrogen-bond donors (Lipinski definition) is 2. The topological polar surface area (TPSA) is 62.3 Å². The SMILES string of the molecule is CCC(C)CCCCC[C@H]1CO[C@@H](c2c(O)c(-c3ccccc3)c(Cl)[nH]c2=O)[C@H](C)C1. The van der Waals surface area contributed by atoms with Crippen LogP contribution in [0.5, 0.6) is 5.75 Å². The summed E-state index contributed by atoms with van der Waals surface area (Å²) in [6.45, 7) is 7.32. The van der Waals surface area contributed by atoms with Crippen LogP contribution in [0, 0.1) is 17.8 Å². The number of pyridine rings is 1. The number of halogens is 1. The highest BCUT2D eigenvalue weighted by atomic mass is 35.5. The molecule has 170 valence electrons. The van der Waals surface area contributed by atoms with Gasteiger partial charge in [-0.15, -0.1) is 0 Å². The van der Waals surface area contributed by atoms with Gasteiger partial charge in [-0.2, -0.15) is 0 Å². The van der Waals surface area contributed by atoms with Crippen molar-refractivity contribution in [1.29, 1.82) is 0 Å². The first-order chi connectivity index (χ1) is 14.9. The second kappa shape index (κ2) is 11.2. The zero-order valence-corrected chi connectivity index (χ0v) is 19.8. The van der Waals surface area contributed by atoms with E-state index in [1.807, 2.05) is 30.3 Å². The fourth-order valence-electron chi connectivity index (χ4n) is 4.71. The van der Waals surface area contributed by atoms with Crippen molar-refractivity contribution >= 4 is 11.6 Å². The lowest BCUT2D eigenvalue weighted by atomic mass is 9.83. The molecule has 1 unspecified atom stereocenters. The number of H-pyrrole nitrogens is 1. The van der Waals surface area contributed by atoms with Crippen molar-refractivity contribution in [2.45, 2.75) is 71.8 Å². The van der Waals surface area contributed by atoms with Gasteiger partial charge in [-0.05, 0) is 36.2 Å². The van der Waals surface area contributed by atoms with E-state index in [2.05, 4.69) is 25.8 Å². The molecule has 1 aromatic carbocycles. The maximum atomic E-state index is 12.7. The van der Waals surface area contributed by atoms with Gasteiger partial charge in [0.15, 0.2) is 0 Å². The summed E-state index contributed by atoms with van der Waals surface area (Å²) in [5.41, 5.74) is 1.14. The number of aromatic hydroxyl groups is 1. The lowest BCUT2D eigenvalue weighted by Gasteiger charge is -2.35. The van der Waals surface area contributed by atoms with Crippen molar-refractivity contribution in [3.63, 3.8) is 0 Å². The minimum absolute atomic E-state index is 0.0692. The molecule has 1 saturated heterocycles. The van der Waals surface area contributed by atoms with E-state index in [9.17, 15) is 9.90 Å². The zero-order valence-electron chi connectivity index (χ0n) is 19.0. The quantitative estimate of drug-likeness (QED) is 0.319. The number of aromatic amines is 1. The minimum atomic E-state index is -0.426. The van der Waals surface area contributed by atoms with E-state index < -0.39 is 6.10 Å². The van der Waals surface area contributed by atoms with Crippen LogP contribution in [-0.2, 0) is 4.74 Å². The molecule has 4 nitrogen and oxygen atoms in total. The Morgan fingerprint density at radius 2 is 1.97 bits per heavy atom. The Morgan fingerprint density at radius 3 is 2.65 bits per heavy atom. The number of aromatic nitrogens is 1. The summed E-state index contributed by atoms with van der Waals surface area (Å²) < 4.78 is 6.17. The molecule has 31 heavy (non-hydrogen) atoms. The van der Waals surface area contributed by atoms with Gasteiger partial charge in [-0.25, -0.2) is 0 Å². The lowest BCUT2D eigenvalue weighted by Crippen LogP contribution is -2.31. The number of rotatable bonds is 9. The van der Waals surface area contributed by atoms with Crippen LogP contribution in [-0.4, -0.2) is 16.7 Å². The van der Waals surface area contributed by atoms with Crippen molar-refractivity contribution in [1.82, 2.24) is 4.98 Å². The van der Waals surface area contributed by atoms with Gasteiger partial charge in [0.05, 0.1) is 23.8 Å². The molecule has 2 heterocycles. The Hall–Kier alpha value is -1.78. The normalized spacial score (nSPS) is 22.4. The van der Waals surface area contributed by atoms with Crippen LogP contribution in [0.3, 0.4) is 0 Å². The van der Waals surface area contributed by atoms with E-state index in [-0.39, 0.29) is 22.4 Å². The highest BCUT2D eigenvalue weighted by molar-refractivity contribution is 6.32. The summed E-state index contributed by atoms with van der Waals surface area (Å²) in [7, 11) is 0. The van der Waals surface area contributed by atoms with Gasteiger partial charge in [0.2, 0.25) is 0 Å². The van der Waals surface area contributed by atoms with Crippen LogP contribution < -0.4 is 5.56 Å². The van der Waals surface area contributed by atoms with Gasteiger partial charge in [-0.1, -0.05) is 94.8 Å². The van der Waals surface area contributed by atoms with Crippen LogP contribution in [0.4, 0.5) is 0 Å². The number of hydrogen-bond acceptors (Lipinski definition) is 3. The smallest absolute Gasteiger partial charge is 0.258 e. The summed E-state index contributed by atoms with van der Waals surface area (Å²) in [4.78, 5) is 15.4. The molecule has 4 atom stereocenters. The van der Waals surface area contributed by atoms with Crippen LogP contribution in [0.15, 0.2) is 35.1 Å². The van der Waals surface area contributed by atoms with Gasteiger partial charge in [-0.3, -0.25) is 4.79 Å². The van der Waals surface area contributed by atoms with Crippen LogP contribution in [0.2, 0.25) is 5.15 Å². The largest absolute Gasteiger partial charge is 0.507 e. The van der Waals surface area contributed by atoms with Crippen LogP contribution in [0.1, 0.15) is 77.4 Å². The minimum Gasteiger partial charge on any atom is -0.507 e. The van der Waals surface area contributed by atoms with E-state index in [1.54, 1.807) is 0 Å². The number of nitrogens with one attached hydrogen (secondary N) is 1. The molecule has 1 aliphatic heterocycles. The molecule has 0 radical (unpaired) electrons. The van der Waals surface area contributed by atoms with Crippen LogP contribution >= 0.6 is 11.6 Å². The summed E-state index contributed by atoms with van der Waals surface area (Å²) in [6, 6.07) is 9.39. The maximum absolute atomic E-state index is 12.7. The van der Waals surface area contributed by atoms with Crippen molar-refractivity contribution in [3.05, 3.63) is 51.4 Å². The van der Waals surface area contributed by atoms with E-state index in [0.717, 1.165) is 24.3 Å². The molecule has 1 aliphatic rings. The molecule has 3 rings (SSSR count). The molecule has 0 amide bonds. The van der Waals surface area contributed by atoms with Gasteiger partial charge in [0.1, 0.15) is 10.9 Å². The van der Waals surface area contributed by atoms with Crippen LogP contribution in [0.25, 0.3) is 11.1 Å². The Bertz CT molecular complexity index is 896. The highest BCUT2D eigenvalue weighted by Crippen LogP contribution is 2.43. The predicted octanol–water partition coefficient (Wildman–Crippen LogP) is 7.11. The molecule has 1 aromatic heterocycles. The Balaban J connectivity index is 1.66. The number of ether oxygens (including phenoxy) is 1. The van der Waals surface area contributed by atoms with Crippen molar-refractivity contribution in [2.24, 2.45) is 17.8 Å². The fourth-order valence-corrected chi connectivity index (χ4v) is 4.99. The fraction of sp³-hybridized carbons (Fsp3) is 0.577. The first-order valence-electron chi connectivity index (χ1n) is 11.7. The standard InChI is InChI=1S/C26H36ClNO3/c1-4-17(2)11-7-5-8-12-19-15-18(3)24(31-16-19)22-23(29)21(25(27)28-26(22)30)20-13-9-6-10-14-20/h6,9-10,13-14,17-19,24H,4-5,7-8,11-12,15-16H2,1-3H3,(H2,28,29,30)/t17?,18-,19-,24-/m1/s1. The molecular formula is C26H36ClNO3. The second-order valence-corrected chi connectivity index (χ2v) is 9.63. The first kappa shape index (κ1) is 23.9. The van der Waals surface area contributed by atoms with Crippen molar-refractivity contribution < 1.29 is 9.84 Å². The molecule has 0 saturated carbocycles. The summed E-state index contributed by atoms with van der Waals surface area (Å²) in [5.74, 6) is 1.41. The number of benzene rings is 1. The third kappa shape index (κ3) is 5.93. The van der Waals surface area contributed by atoms with E-state index >= 15 is 0 Å². The molecular weight excluding hydrogens is 410 g/mol. The van der Waals surface area contributed by atoms with Gasteiger partial charge in [0, 0.05) is 0 Å². The highest BCUT2D eigenvalue weighted by Gasteiger charge is 2.34. The van der Waals surface area contributed by atoms with Gasteiger partial charge >= 0.3 is 0 Å². The number of unbranched alkanes of at least 4 members (excludes halogenated alkanes) is 2. The van der Waals surface area contributed by atoms with E-state index in [0.29, 0.717) is 23.7 Å². The molecule has 1 fully saturated rings. The zero-order chi connectivity index (χ0) is 22.4. The maximum Gasteiger partial charge on any atom is 0.258 e. The summed E-state index contributed by atoms with van der Waals surface area (Å²) in [6.07, 6.45) is 8.12. The Morgan fingerprint density at radius 1 is 1.23 bits per heavy atom. The monoisotopic (exact) mass is 445 g/mol. The van der Waals surface area contributed by atoms with Gasteiger partial charge < -0.3 is 14.8 Å². The van der Waals surface area contributed by atoms with E-state index in [4.69, 9.17) is 16.3 Å². The average Bonchev–Trinajstić information content (AvgIpc) is 2.75. The van der Waals surface area contributed by atoms with Gasteiger partial charge in [0.25, 0.3) is 5.56 Å². The Labute approximate surface area is 191 Å². The molecule has 0 bridgehead atoms. The molecule has 0 spiro atoms. The summed E-state index contributed by atoms with van der Waals surface area (Å²) in [5, 5.41) is 11.2. The third-order valence-corrected chi connectivity index (χ3v) is 7.05. The summed E-state index contributed by atoms with van der Waals surface area (Å²) >= 11 is 6.29. The van der Waals surface area contributed by atoms with E-state index in [1.165, 1.54) is 32.1 Å². The lowest BCUT2D eigenvalue weighted by molar-refractivity contribution is -0.0566. The molecule has 5 heteroatoms. The average molecular weight is 446 g/mol. The van der Waals surface area contributed by atoms with Crippen molar-refractivity contribution in [2.75, 3.05) is 6.61 Å². The third-order valence-electron chi connectivity index (χ3n) is 6.77. The second-order valence-electron chi connectivity index (χ2n) is 9.26.